The van der Waals surface area contributed by atoms with Gasteiger partial charge in [-0.15, -0.1) is 0 Å². The lowest BCUT2D eigenvalue weighted by atomic mass is 9.85. The van der Waals surface area contributed by atoms with Gasteiger partial charge in [0.1, 0.15) is 0 Å². The minimum atomic E-state index is -0.362. The summed E-state index contributed by atoms with van der Waals surface area (Å²) in [6.45, 7) is 6.11. The summed E-state index contributed by atoms with van der Waals surface area (Å²) in [5.41, 5.74) is 5.93. The van der Waals surface area contributed by atoms with Gasteiger partial charge in [-0.05, 0) is 5.41 Å². The van der Waals surface area contributed by atoms with E-state index in [9.17, 15) is 4.79 Å². The second kappa shape index (κ2) is 4.61. The number of amides is 1. The van der Waals surface area contributed by atoms with Crippen molar-refractivity contribution in [2.24, 2.45) is 11.1 Å². The van der Waals surface area contributed by atoms with Crippen LogP contribution in [0.25, 0.3) is 0 Å². The van der Waals surface area contributed by atoms with Crippen molar-refractivity contribution in [3.63, 3.8) is 0 Å². The summed E-state index contributed by atoms with van der Waals surface area (Å²) in [5.74, 6) is 0.0685. The van der Waals surface area contributed by atoms with Crippen LogP contribution in [0, 0.1) is 5.41 Å². The number of nitrogens with one attached hydrogen (secondary N) is 1. The third-order valence-electron chi connectivity index (χ3n) is 2.41. The van der Waals surface area contributed by atoms with Crippen LogP contribution in [0.5, 0.6) is 0 Å². The fraction of sp³-hybridized carbons (Fsp3) is 0.700. The maximum Gasteiger partial charge on any atom is 0.292 e. The molecule has 1 aromatic rings. The Morgan fingerprint density at radius 2 is 2.19 bits per heavy atom. The van der Waals surface area contributed by atoms with E-state index in [0.717, 1.165) is 0 Å². The molecule has 0 radical (unpaired) electrons. The van der Waals surface area contributed by atoms with Gasteiger partial charge in [0.05, 0.1) is 0 Å². The summed E-state index contributed by atoms with van der Waals surface area (Å²) in [6.07, 6.45) is 0.466. The first-order chi connectivity index (χ1) is 7.34. The van der Waals surface area contributed by atoms with Crippen LogP contribution in [-0.2, 0) is 6.42 Å². The molecular weight excluding hydrogens is 208 g/mol. The molecule has 6 heteroatoms. The molecule has 0 aromatic carbocycles. The van der Waals surface area contributed by atoms with Gasteiger partial charge in [0.25, 0.3) is 11.7 Å². The first-order valence-corrected chi connectivity index (χ1v) is 5.15. The lowest BCUT2D eigenvalue weighted by molar-refractivity contribution is 0.0950. The zero-order valence-corrected chi connectivity index (χ0v) is 10.1. The second-order valence-corrected chi connectivity index (χ2v) is 4.77. The molecule has 1 aromatic heterocycles. The quantitative estimate of drug-likeness (QED) is 0.775. The van der Waals surface area contributed by atoms with E-state index in [0.29, 0.717) is 12.3 Å². The molecule has 1 amide bonds. The summed E-state index contributed by atoms with van der Waals surface area (Å²) >= 11 is 0. The van der Waals surface area contributed by atoms with E-state index >= 15 is 0 Å². The number of carbonyl (C=O) groups excluding carboxylic acids is 1. The van der Waals surface area contributed by atoms with Crippen molar-refractivity contribution in [3.8, 4) is 0 Å². The summed E-state index contributed by atoms with van der Waals surface area (Å²) < 4.78 is 4.95. The van der Waals surface area contributed by atoms with E-state index < -0.39 is 0 Å². The van der Waals surface area contributed by atoms with Crippen molar-refractivity contribution in [1.29, 1.82) is 0 Å². The maximum atomic E-state index is 11.2. The Kier molecular flexibility index (Phi) is 3.64. The fourth-order valence-corrected chi connectivity index (χ4v) is 1.04. The van der Waals surface area contributed by atoms with Gasteiger partial charge >= 0.3 is 0 Å². The van der Waals surface area contributed by atoms with Crippen LogP contribution in [0.15, 0.2) is 4.52 Å². The highest BCUT2D eigenvalue weighted by Crippen LogP contribution is 2.19. The van der Waals surface area contributed by atoms with Crippen molar-refractivity contribution in [2.45, 2.75) is 33.2 Å². The number of hydrogen-bond acceptors (Lipinski definition) is 5. The molecule has 0 fully saturated rings. The molecule has 0 saturated carbocycles. The van der Waals surface area contributed by atoms with E-state index in [4.69, 9.17) is 10.3 Å². The molecule has 1 atom stereocenters. The summed E-state index contributed by atoms with van der Waals surface area (Å²) in [4.78, 5) is 15.1. The van der Waals surface area contributed by atoms with E-state index in [1.54, 1.807) is 0 Å². The van der Waals surface area contributed by atoms with Gasteiger partial charge in [-0.25, -0.2) is 0 Å². The second-order valence-electron chi connectivity index (χ2n) is 4.77. The van der Waals surface area contributed by atoms with Gasteiger partial charge in [-0.1, -0.05) is 25.9 Å². The average molecular weight is 226 g/mol. The van der Waals surface area contributed by atoms with Crippen LogP contribution in [-0.4, -0.2) is 29.1 Å². The SMILES string of the molecule is CNC(=O)c1noc(CC(N)C(C)(C)C)n1. The van der Waals surface area contributed by atoms with Crippen molar-refractivity contribution >= 4 is 5.91 Å². The number of aromatic nitrogens is 2. The molecule has 0 aliphatic heterocycles. The van der Waals surface area contributed by atoms with Crippen LogP contribution in [0.1, 0.15) is 37.3 Å². The van der Waals surface area contributed by atoms with Gasteiger partial charge in [-0.3, -0.25) is 4.79 Å². The molecule has 0 spiro atoms. The van der Waals surface area contributed by atoms with E-state index in [2.05, 4.69) is 15.5 Å². The number of hydrogen-bond donors (Lipinski definition) is 2. The summed E-state index contributed by atoms with van der Waals surface area (Å²) in [7, 11) is 1.51. The molecule has 0 saturated heterocycles. The number of nitrogens with zero attached hydrogens (tertiary/aromatic N) is 2. The van der Waals surface area contributed by atoms with Gasteiger partial charge in [0.2, 0.25) is 5.89 Å². The monoisotopic (exact) mass is 226 g/mol. The first kappa shape index (κ1) is 12.6. The van der Waals surface area contributed by atoms with Gasteiger partial charge in [0.15, 0.2) is 0 Å². The topological polar surface area (TPSA) is 94.0 Å². The minimum absolute atomic E-state index is 0.0400. The number of carbonyl (C=O) groups is 1. The highest BCUT2D eigenvalue weighted by atomic mass is 16.5. The van der Waals surface area contributed by atoms with E-state index in [1.807, 2.05) is 20.8 Å². The third kappa shape index (κ3) is 3.03. The van der Waals surface area contributed by atoms with Gasteiger partial charge < -0.3 is 15.6 Å². The Morgan fingerprint density at radius 1 is 1.56 bits per heavy atom. The molecular formula is C10H18N4O2. The highest BCUT2D eigenvalue weighted by molar-refractivity contribution is 5.89. The molecule has 0 aliphatic carbocycles. The Balaban J connectivity index is 2.69. The Labute approximate surface area is 94.6 Å². The first-order valence-electron chi connectivity index (χ1n) is 5.15. The molecule has 0 bridgehead atoms. The molecule has 0 aliphatic rings. The molecule has 1 heterocycles. The highest BCUT2D eigenvalue weighted by Gasteiger charge is 2.24. The minimum Gasteiger partial charge on any atom is -0.352 e. The number of nitrogens with two attached hydrogens (primary N) is 1. The van der Waals surface area contributed by atoms with Crippen molar-refractivity contribution in [1.82, 2.24) is 15.5 Å². The van der Waals surface area contributed by atoms with Crippen LogP contribution < -0.4 is 11.1 Å². The lowest BCUT2D eigenvalue weighted by Gasteiger charge is -2.25. The van der Waals surface area contributed by atoms with E-state index in [-0.39, 0.29) is 23.2 Å². The normalized spacial score (nSPS) is 13.6. The Hall–Kier alpha value is -1.43. The van der Waals surface area contributed by atoms with Crippen LogP contribution in [0.3, 0.4) is 0 Å². The van der Waals surface area contributed by atoms with Crippen molar-refractivity contribution in [2.75, 3.05) is 7.05 Å². The molecule has 90 valence electrons. The Bertz CT molecular complexity index is 367. The fourth-order valence-electron chi connectivity index (χ4n) is 1.04. The molecule has 16 heavy (non-hydrogen) atoms. The van der Waals surface area contributed by atoms with Crippen LogP contribution >= 0.6 is 0 Å². The van der Waals surface area contributed by atoms with E-state index in [1.165, 1.54) is 7.05 Å². The third-order valence-corrected chi connectivity index (χ3v) is 2.41. The summed E-state index contributed by atoms with van der Waals surface area (Å²) in [5, 5.41) is 5.99. The maximum absolute atomic E-state index is 11.2. The number of rotatable bonds is 3. The largest absolute Gasteiger partial charge is 0.352 e. The van der Waals surface area contributed by atoms with Crippen molar-refractivity contribution in [3.05, 3.63) is 11.7 Å². The average Bonchev–Trinajstić information content (AvgIpc) is 2.63. The standard InChI is InChI=1S/C10H18N4O2/c1-10(2,3)6(11)5-7-13-8(14-16-7)9(15)12-4/h6H,5,11H2,1-4H3,(H,12,15). The zero-order chi connectivity index (χ0) is 12.3. The molecule has 3 N–H and O–H groups in total. The van der Waals surface area contributed by atoms with Gasteiger partial charge in [-0.2, -0.15) is 4.98 Å². The zero-order valence-electron chi connectivity index (χ0n) is 10.1. The predicted octanol–water partition coefficient (Wildman–Crippen LogP) is 0.345. The Morgan fingerprint density at radius 3 is 2.69 bits per heavy atom. The summed E-state index contributed by atoms with van der Waals surface area (Å²) in [6, 6.07) is -0.0921. The smallest absolute Gasteiger partial charge is 0.292 e. The van der Waals surface area contributed by atoms with Gasteiger partial charge in [0, 0.05) is 19.5 Å². The van der Waals surface area contributed by atoms with Crippen LogP contribution in [0.4, 0.5) is 0 Å². The molecule has 1 unspecified atom stereocenters. The molecule has 6 nitrogen and oxygen atoms in total. The van der Waals surface area contributed by atoms with Crippen molar-refractivity contribution < 1.29 is 9.32 Å². The molecule has 1 rings (SSSR count). The van der Waals surface area contributed by atoms with Crippen LogP contribution in [0.2, 0.25) is 0 Å². The lowest BCUT2D eigenvalue weighted by Crippen LogP contribution is -2.37. The predicted molar refractivity (Wildman–Crippen MR) is 58.8 cm³/mol.